The zero-order chi connectivity index (χ0) is 18.0. The molecule has 6 nitrogen and oxygen atoms in total. The van der Waals surface area contributed by atoms with Gasteiger partial charge in [0, 0.05) is 12.0 Å². The van der Waals surface area contributed by atoms with Crippen LogP contribution < -0.4 is 4.72 Å². The summed E-state index contributed by atoms with van der Waals surface area (Å²) < 4.78 is 32.5. The molecule has 0 saturated heterocycles. The number of amides is 1. The predicted molar refractivity (Wildman–Crippen MR) is 95.3 cm³/mol. The maximum Gasteiger partial charge on any atom is 0.284 e. The molecule has 134 valence electrons. The van der Waals surface area contributed by atoms with Gasteiger partial charge in [0.15, 0.2) is 0 Å². The summed E-state index contributed by atoms with van der Waals surface area (Å²) in [5, 5.41) is 2.18. The summed E-state index contributed by atoms with van der Waals surface area (Å²) in [6, 6.07) is 5.02. The van der Waals surface area contributed by atoms with E-state index in [4.69, 9.17) is 4.74 Å². The van der Waals surface area contributed by atoms with Crippen LogP contribution in [0.4, 0.5) is 0 Å². The lowest BCUT2D eigenvalue weighted by molar-refractivity contribution is 0.0760. The Bertz CT molecular complexity index is 890. The minimum Gasteiger partial charge on any atom is -0.372 e. The molecule has 2 aromatic rings. The molecule has 0 spiro atoms. The Labute approximate surface area is 151 Å². The van der Waals surface area contributed by atoms with Gasteiger partial charge < -0.3 is 4.74 Å². The van der Waals surface area contributed by atoms with E-state index in [2.05, 4.69) is 9.71 Å². The van der Waals surface area contributed by atoms with E-state index in [0.29, 0.717) is 11.6 Å². The van der Waals surface area contributed by atoms with Crippen LogP contribution in [0.5, 0.6) is 0 Å². The number of carbonyl (C=O) groups is 1. The van der Waals surface area contributed by atoms with Crippen LogP contribution in [-0.2, 0) is 27.6 Å². The van der Waals surface area contributed by atoms with E-state index in [9.17, 15) is 13.2 Å². The molecule has 0 saturated carbocycles. The molecule has 1 amide bonds. The van der Waals surface area contributed by atoms with Crippen molar-refractivity contribution in [3.63, 3.8) is 0 Å². The highest BCUT2D eigenvalue weighted by molar-refractivity contribution is 7.90. The topological polar surface area (TPSA) is 85.4 Å². The van der Waals surface area contributed by atoms with Crippen molar-refractivity contribution in [3.8, 4) is 0 Å². The standard InChI is InChI=1S/C17H20N2O4S2/c1-3-23-11(2)17-18-15(10-24-17)16(20)19-25(21,22)14-8-7-12-5-4-6-13(12)9-14/h7-11H,3-6H2,1-2H3,(H,19,20)/t11-/m0/s1. The van der Waals surface area contributed by atoms with Gasteiger partial charge >= 0.3 is 0 Å². The van der Waals surface area contributed by atoms with Crippen LogP contribution in [0, 0.1) is 0 Å². The summed E-state index contributed by atoms with van der Waals surface area (Å²) in [5.74, 6) is -0.730. The Morgan fingerprint density at radius 1 is 1.36 bits per heavy atom. The van der Waals surface area contributed by atoms with Crippen molar-refractivity contribution in [3.05, 3.63) is 45.4 Å². The molecule has 0 bridgehead atoms. The normalized spacial score (nSPS) is 15.0. The van der Waals surface area contributed by atoms with Crippen LogP contribution >= 0.6 is 11.3 Å². The zero-order valence-electron chi connectivity index (χ0n) is 14.1. The van der Waals surface area contributed by atoms with Crippen LogP contribution in [0.25, 0.3) is 0 Å². The van der Waals surface area contributed by atoms with Crippen molar-refractivity contribution in [2.24, 2.45) is 0 Å². The molecule has 8 heteroatoms. The van der Waals surface area contributed by atoms with Crippen LogP contribution in [-0.4, -0.2) is 25.9 Å². The first-order valence-electron chi connectivity index (χ1n) is 8.16. The number of nitrogens with zero attached hydrogens (tertiary/aromatic N) is 1. The molecule has 3 rings (SSSR count). The number of fused-ring (bicyclic) bond motifs is 1. The van der Waals surface area contributed by atoms with Gasteiger partial charge in [-0.05, 0) is 56.4 Å². The second-order valence-electron chi connectivity index (χ2n) is 5.89. The van der Waals surface area contributed by atoms with Crippen LogP contribution in [0.3, 0.4) is 0 Å². The maximum absolute atomic E-state index is 12.5. The minimum absolute atomic E-state index is 0.0799. The minimum atomic E-state index is -3.92. The average molecular weight is 380 g/mol. The highest BCUT2D eigenvalue weighted by atomic mass is 32.2. The number of aromatic nitrogens is 1. The van der Waals surface area contributed by atoms with E-state index in [-0.39, 0.29) is 16.7 Å². The quantitative estimate of drug-likeness (QED) is 0.833. The SMILES string of the molecule is CCO[C@@H](C)c1nc(C(=O)NS(=O)(=O)c2ccc3c(c2)CCC3)cs1. The van der Waals surface area contributed by atoms with Crippen LogP contribution in [0.1, 0.15) is 53.0 Å². The molecule has 1 heterocycles. The number of benzene rings is 1. The monoisotopic (exact) mass is 380 g/mol. The van der Waals surface area contributed by atoms with Gasteiger partial charge in [0.2, 0.25) is 0 Å². The number of sulfonamides is 1. The highest BCUT2D eigenvalue weighted by Gasteiger charge is 2.23. The lowest BCUT2D eigenvalue weighted by Gasteiger charge is -2.08. The number of rotatable bonds is 6. The summed E-state index contributed by atoms with van der Waals surface area (Å²) in [4.78, 5) is 16.6. The molecule has 0 unspecified atom stereocenters. The molecule has 1 atom stereocenters. The Kier molecular flexibility index (Phi) is 5.21. The van der Waals surface area contributed by atoms with Gasteiger partial charge in [-0.15, -0.1) is 11.3 Å². The number of aryl methyl sites for hydroxylation is 2. The van der Waals surface area contributed by atoms with Crippen LogP contribution in [0.2, 0.25) is 0 Å². The third kappa shape index (κ3) is 3.91. The summed E-state index contributed by atoms with van der Waals surface area (Å²) >= 11 is 1.27. The third-order valence-corrected chi connectivity index (χ3v) is 6.46. The van der Waals surface area contributed by atoms with E-state index >= 15 is 0 Å². The van der Waals surface area contributed by atoms with Gasteiger partial charge in [0.05, 0.1) is 4.90 Å². The highest BCUT2D eigenvalue weighted by Crippen LogP contribution is 2.25. The lowest BCUT2D eigenvalue weighted by atomic mass is 10.1. The van der Waals surface area contributed by atoms with Crippen molar-refractivity contribution in [2.75, 3.05) is 6.61 Å². The van der Waals surface area contributed by atoms with Gasteiger partial charge in [0.25, 0.3) is 15.9 Å². The van der Waals surface area contributed by atoms with E-state index in [1.165, 1.54) is 16.9 Å². The first-order chi connectivity index (χ1) is 11.9. The van der Waals surface area contributed by atoms with E-state index in [1.54, 1.807) is 17.5 Å². The molecule has 1 aliphatic rings. The fourth-order valence-electron chi connectivity index (χ4n) is 2.85. The van der Waals surface area contributed by atoms with E-state index in [1.807, 2.05) is 19.9 Å². The Morgan fingerprint density at radius 3 is 2.88 bits per heavy atom. The van der Waals surface area contributed by atoms with Gasteiger partial charge in [-0.1, -0.05) is 6.07 Å². The van der Waals surface area contributed by atoms with Crippen molar-refractivity contribution >= 4 is 27.3 Å². The Morgan fingerprint density at radius 2 is 2.12 bits per heavy atom. The number of hydrogen-bond acceptors (Lipinski definition) is 6. The summed E-state index contributed by atoms with van der Waals surface area (Å²) in [7, 11) is -3.92. The molecular weight excluding hydrogens is 360 g/mol. The summed E-state index contributed by atoms with van der Waals surface area (Å²) in [5.41, 5.74) is 2.30. The lowest BCUT2D eigenvalue weighted by Crippen LogP contribution is -2.31. The van der Waals surface area contributed by atoms with E-state index in [0.717, 1.165) is 24.8 Å². The fourth-order valence-corrected chi connectivity index (χ4v) is 4.66. The number of thiazole rings is 1. The van der Waals surface area contributed by atoms with E-state index < -0.39 is 15.9 Å². The number of nitrogens with one attached hydrogen (secondary N) is 1. The van der Waals surface area contributed by atoms with Gasteiger partial charge in [0.1, 0.15) is 16.8 Å². The molecule has 25 heavy (non-hydrogen) atoms. The molecule has 1 aromatic carbocycles. The average Bonchev–Trinajstić information content (AvgIpc) is 3.23. The van der Waals surface area contributed by atoms with Crippen molar-refractivity contribution in [1.29, 1.82) is 0 Å². The summed E-state index contributed by atoms with van der Waals surface area (Å²) in [6.07, 6.45) is 2.65. The van der Waals surface area contributed by atoms with Gasteiger partial charge in [-0.2, -0.15) is 0 Å². The molecule has 0 radical (unpaired) electrons. The number of carbonyl (C=O) groups excluding carboxylic acids is 1. The van der Waals surface area contributed by atoms with Crippen molar-refractivity contribution < 1.29 is 17.9 Å². The maximum atomic E-state index is 12.5. The largest absolute Gasteiger partial charge is 0.372 e. The van der Waals surface area contributed by atoms with Gasteiger partial charge in [-0.3, -0.25) is 4.79 Å². The van der Waals surface area contributed by atoms with Gasteiger partial charge in [-0.25, -0.2) is 18.1 Å². The van der Waals surface area contributed by atoms with Crippen molar-refractivity contribution in [1.82, 2.24) is 9.71 Å². The first kappa shape index (κ1) is 18.0. The summed E-state index contributed by atoms with van der Waals surface area (Å²) in [6.45, 7) is 4.25. The fraction of sp³-hybridized carbons (Fsp3) is 0.412. The number of hydrogen-bond donors (Lipinski definition) is 1. The molecule has 1 aromatic heterocycles. The van der Waals surface area contributed by atoms with Crippen molar-refractivity contribution in [2.45, 2.75) is 44.1 Å². The zero-order valence-corrected chi connectivity index (χ0v) is 15.7. The first-order valence-corrected chi connectivity index (χ1v) is 10.5. The second kappa shape index (κ2) is 7.23. The van der Waals surface area contributed by atoms with Crippen LogP contribution in [0.15, 0.2) is 28.5 Å². The number of ether oxygens (including phenoxy) is 1. The predicted octanol–water partition coefficient (Wildman–Crippen LogP) is 2.85. The third-order valence-electron chi connectivity index (χ3n) is 4.13. The molecule has 1 N–H and O–H groups in total. The second-order valence-corrected chi connectivity index (χ2v) is 8.46. The molecule has 0 aliphatic heterocycles. The Balaban J connectivity index is 1.75. The smallest absolute Gasteiger partial charge is 0.284 e. The molecule has 0 fully saturated rings. The molecular formula is C17H20N2O4S2. The molecule has 1 aliphatic carbocycles. The Hall–Kier alpha value is -1.77.